The number of rotatable bonds is 10. The molecule has 12 heteroatoms. The van der Waals surface area contributed by atoms with Gasteiger partial charge < -0.3 is 25.7 Å². The van der Waals surface area contributed by atoms with Crippen LogP contribution in [0.4, 0.5) is 0 Å². The molecule has 2 fully saturated rings. The van der Waals surface area contributed by atoms with Gasteiger partial charge in [-0.15, -0.1) is 0 Å². The Morgan fingerprint density at radius 2 is 1.75 bits per heavy atom. The van der Waals surface area contributed by atoms with E-state index < -0.39 is 36.0 Å². The second-order valence-corrected chi connectivity index (χ2v) is 13.0. The topological polar surface area (TPSA) is 139 Å². The summed E-state index contributed by atoms with van der Waals surface area (Å²) in [7, 11) is 1.55. The quantitative estimate of drug-likeness (QED) is 0.344. The van der Waals surface area contributed by atoms with Crippen molar-refractivity contribution < 1.29 is 28.8 Å². The summed E-state index contributed by atoms with van der Waals surface area (Å²) in [6, 6.07) is 4.17. The van der Waals surface area contributed by atoms with Crippen LogP contribution in [0.1, 0.15) is 71.3 Å². The van der Waals surface area contributed by atoms with Crippen LogP contribution >= 0.6 is 11.8 Å². The maximum absolute atomic E-state index is 14.0. The first kappa shape index (κ1) is 33.4. The molecule has 5 atom stereocenters. The molecule has 0 bridgehead atoms. The Kier molecular flexibility index (Phi) is 11.7. The second-order valence-electron chi connectivity index (χ2n) is 11.8. The van der Waals surface area contributed by atoms with Crippen molar-refractivity contribution in [2.24, 2.45) is 5.92 Å². The van der Waals surface area contributed by atoms with Gasteiger partial charge in [-0.3, -0.25) is 24.0 Å². The molecular weight excluding hydrogens is 582 g/mol. The molecule has 2 aromatic rings. The molecule has 4 amide bonds. The van der Waals surface area contributed by atoms with Gasteiger partial charge in [-0.1, -0.05) is 56.7 Å². The fourth-order valence-electron chi connectivity index (χ4n) is 6.02. The van der Waals surface area contributed by atoms with Crippen molar-refractivity contribution in [2.75, 3.05) is 19.4 Å². The van der Waals surface area contributed by atoms with E-state index in [0.717, 1.165) is 29.3 Å². The second kappa shape index (κ2) is 15.5. The summed E-state index contributed by atoms with van der Waals surface area (Å²) in [5, 5.41) is 9.73. The highest BCUT2D eigenvalue weighted by atomic mass is 32.2. The fraction of sp³-hybridized carbons (Fsp3) is 0.594. The molecule has 0 saturated carbocycles. The van der Waals surface area contributed by atoms with Crippen molar-refractivity contribution in [2.45, 2.75) is 96.3 Å². The number of fused-ring (bicyclic) bond motifs is 2. The number of hydrogen-bond acceptors (Lipinski definition) is 7. The SMILES string of the molecule is CC[C@H](C)[C@@H]1NC(=O)[C@H](Cc2cn(OC)c3ccccc23)NC(=O)[C@H](CCCCSC(C)=O)NC(=O)[C@H]2CCCCN2C1=O. The van der Waals surface area contributed by atoms with Gasteiger partial charge in [0.2, 0.25) is 23.6 Å². The first-order valence-corrected chi connectivity index (χ1v) is 16.6. The molecule has 0 radical (unpaired) electrons. The third-order valence-electron chi connectivity index (χ3n) is 8.71. The number of nitrogens with one attached hydrogen (secondary N) is 3. The minimum absolute atomic E-state index is 0.0310. The first-order valence-electron chi connectivity index (χ1n) is 15.6. The number of unbranched alkanes of at least 4 members (excludes halogenated alkanes) is 1. The summed E-state index contributed by atoms with van der Waals surface area (Å²) in [5.41, 5.74) is 1.61. The van der Waals surface area contributed by atoms with E-state index in [1.165, 1.54) is 18.7 Å². The molecule has 1 aromatic carbocycles. The highest BCUT2D eigenvalue weighted by Crippen LogP contribution is 2.24. The van der Waals surface area contributed by atoms with E-state index in [-0.39, 0.29) is 29.3 Å². The van der Waals surface area contributed by atoms with Gasteiger partial charge in [0.05, 0.1) is 5.52 Å². The van der Waals surface area contributed by atoms with Crippen molar-refractivity contribution in [1.29, 1.82) is 0 Å². The van der Waals surface area contributed by atoms with E-state index in [9.17, 15) is 24.0 Å². The largest absolute Gasteiger partial charge is 0.417 e. The molecule has 240 valence electrons. The predicted octanol–water partition coefficient (Wildman–Crippen LogP) is 2.59. The Balaban J connectivity index is 1.68. The lowest BCUT2D eigenvalue weighted by Crippen LogP contribution is -2.64. The Bertz CT molecular complexity index is 1360. The molecule has 3 N–H and O–H groups in total. The minimum atomic E-state index is -1.01. The summed E-state index contributed by atoms with van der Waals surface area (Å²) in [5.74, 6) is -1.11. The summed E-state index contributed by atoms with van der Waals surface area (Å²) < 4.78 is 1.61. The number of carbonyl (C=O) groups excluding carboxylic acids is 5. The number of benzene rings is 1. The van der Waals surface area contributed by atoms with E-state index in [0.29, 0.717) is 44.4 Å². The summed E-state index contributed by atoms with van der Waals surface area (Å²) in [4.78, 5) is 74.0. The van der Waals surface area contributed by atoms with Crippen LogP contribution in [0.3, 0.4) is 0 Å². The van der Waals surface area contributed by atoms with Crippen LogP contribution in [-0.2, 0) is 30.4 Å². The van der Waals surface area contributed by atoms with Gasteiger partial charge in [-0.2, -0.15) is 4.73 Å². The van der Waals surface area contributed by atoms with Crippen molar-refractivity contribution in [3.05, 3.63) is 36.0 Å². The number of aromatic nitrogens is 1. The average molecular weight is 628 g/mol. The fourth-order valence-corrected chi connectivity index (χ4v) is 6.66. The van der Waals surface area contributed by atoms with Crippen LogP contribution < -0.4 is 20.8 Å². The maximum Gasteiger partial charge on any atom is 0.246 e. The van der Waals surface area contributed by atoms with Crippen molar-refractivity contribution >= 4 is 51.4 Å². The Morgan fingerprint density at radius 1 is 1.02 bits per heavy atom. The molecular formula is C32H45N5O6S. The number of nitrogens with zero attached hydrogens (tertiary/aromatic N) is 2. The van der Waals surface area contributed by atoms with Gasteiger partial charge in [0.25, 0.3) is 0 Å². The summed E-state index contributed by atoms with van der Waals surface area (Å²) in [6.07, 6.45) is 6.26. The Labute approximate surface area is 263 Å². The van der Waals surface area contributed by atoms with Crippen LogP contribution in [0, 0.1) is 5.92 Å². The van der Waals surface area contributed by atoms with E-state index in [1.54, 1.807) is 22.9 Å². The van der Waals surface area contributed by atoms with Gasteiger partial charge in [-0.25, -0.2) is 0 Å². The highest BCUT2D eigenvalue weighted by Gasteiger charge is 2.40. The van der Waals surface area contributed by atoms with Gasteiger partial charge >= 0.3 is 0 Å². The molecule has 2 saturated heterocycles. The molecule has 4 rings (SSSR count). The molecule has 2 aliphatic heterocycles. The van der Waals surface area contributed by atoms with Crippen LogP contribution in [-0.4, -0.2) is 81.9 Å². The van der Waals surface area contributed by atoms with E-state index in [4.69, 9.17) is 4.84 Å². The molecule has 1 aromatic heterocycles. The summed E-state index contributed by atoms with van der Waals surface area (Å²) in [6.45, 7) is 5.80. The van der Waals surface area contributed by atoms with Gasteiger partial charge in [-0.05, 0) is 49.7 Å². The van der Waals surface area contributed by atoms with E-state index >= 15 is 0 Å². The number of hydrogen-bond donors (Lipinski definition) is 3. The number of amides is 4. The molecule has 2 aliphatic rings. The monoisotopic (exact) mass is 627 g/mol. The van der Waals surface area contributed by atoms with Crippen LogP contribution in [0.2, 0.25) is 0 Å². The van der Waals surface area contributed by atoms with Crippen LogP contribution in [0.15, 0.2) is 30.5 Å². The normalized spacial score (nSPS) is 24.0. The maximum atomic E-state index is 14.0. The number of carbonyl (C=O) groups is 5. The van der Waals surface area contributed by atoms with E-state index in [1.807, 2.05) is 38.1 Å². The number of para-hydroxylation sites is 1. The molecule has 3 heterocycles. The van der Waals surface area contributed by atoms with Gasteiger partial charge in [0, 0.05) is 37.2 Å². The van der Waals surface area contributed by atoms with Gasteiger partial charge in [0.1, 0.15) is 31.3 Å². The molecule has 0 unspecified atom stereocenters. The van der Waals surface area contributed by atoms with Gasteiger partial charge in [0.15, 0.2) is 5.12 Å². The third kappa shape index (κ3) is 7.94. The third-order valence-corrected chi connectivity index (χ3v) is 9.60. The Morgan fingerprint density at radius 3 is 2.48 bits per heavy atom. The lowest BCUT2D eigenvalue weighted by atomic mass is 9.93. The molecule has 44 heavy (non-hydrogen) atoms. The predicted molar refractivity (Wildman–Crippen MR) is 170 cm³/mol. The van der Waals surface area contributed by atoms with Crippen molar-refractivity contribution in [1.82, 2.24) is 25.6 Å². The lowest BCUT2D eigenvalue weighted by molar-refractivity contribution is -0.147. The smallest absolute Gasteiger partial charge is 0.246 e. The number of thioether (sulfide) groups is 1. The summed E-state index contributed by atoms with van der Waals surface area (Å²) >= 11 is 1.23. The lowest BCUT2D eigenvalue weighted by Gasteiger charge is -2.39. The molecule has 0 aliphatic carbocycles. The zero-order valence-corrected chi connectivity index (χ0v) is 26.9. The first-order chi connectivity index (χ1) is 21.1. The van der Waals surface area contributed by atoms with Crippen molar-refractivity contribution in [3.8, 4) is 0 Å². The average Bonchev–Trinajstić information content (AvgIpc) is 3.38. The van der Waals surface area contributed by atoms with E-state index in [2.05, 4.69) is 16.0 Å². The zero-order valence-electron chi connectivity index (χ0n) is 26.1. The standard InChI is InChI=1S/C32H45N5O6S/c1-5-20(2)28-32(42)36-16-10-8-15-27(36)31(41)33-24(13-9-11-17-44-21(3)38)29(39)34-25(30(40)35-28)18-22-19-37(43-4)26-14-7-6-12-23(22)26/h6-7,12,14,19-20,24-25,27-28H,5,8-11,13,15-18H2,1-4H3,(H,33,41)(H,34,39)(H,35,40)/t20-,24-,25-,27+,28-/m0/s1. The van der Waals surface area contributed by atoms with Crippen LogP contribution in [0.5, 0.6) is 0 Å². The number of piperidine rings is 1. The molecule has 11 nitrogen and oxygen atoms in total. The highest BCUT2D eigenvalue weighted by molar-refractivity contribution is 8.13. The van der Waals surface area contributed by atoms with Crippen LogP contribution in [0.25, 0.3) is 10.9 Å². The Hall–Kier alpha value is -3.54. The molecule has 0 spiro atoms. The minimum Gasteiger partial charge on any atom is -0.417 e. The van der Waals surface area contributed by atoms with Crippen molar-refractivity contribution in [3.63, 3.8) is 0 Å². The zero-order chi connectivity index (χ0) is 31.8.